The molecule has 0 heterocycles. The van der Waals surface area contributed by atoms with Crippen LogP contribution in [0.3, 0.4) is 0 Å². The number of ether oxygens (including phenoxy) is 1. The highest BCUT2D eigenvalue weighted by atomic mass is 32.2. The highest BCUT2D eigenvalue weighted by molar-refractivity contribution is 7.92. The first kappa shape index (κ1) is 24.1. The molecule has 0 fully saturated rings. The monoisotopic (exact) mass is 451 g/mol. The molecule has 2 aromatic carbocycles. The van der Waals surface area contributed by atoms with Gasteiger partial charge in [-0.2, -0.15) is 0 Å². The molecule has 1 atom stereocenters. The highest BCUT2D eigenvalue weighted by Gasteiger charge is 2.25. The Bertz CT molecular complexity index is 1060. The summed E-state index contributed by atoms with van der Waals surface area (Å²) in [5.41, 5.74) is -0.282. The number of sulfonamides is 1. The number of nitrogens with one attached hydrogen (secondary N) is 3. The Balaban J connectivity index is 2.21. The zero-order chi connectivity index (χ0) is 23.4. The van der Waals surface area contributed by atoms with Crippen molar-refractivity contribution in [1.29, 1.82) is 0 Å². The SMILES string of the molecule is COc1ccc(NC(=O)C(C)NC(=O)C(C)(C)C)cc1NS(=O)(=O)c1ccc(F)cc1. The highest BCUT2D eigenvalue weighted by Crippen LogP contribution is 2.30. The molecule has 0 aromatic heterocycles. The number of rotatable bonds is 7. The van der Waals surface area contributed by atoms with Gasteiger partial charge >= 0.3 is 0 Å². The number of carbonyl (C=O) groups is 2. The predicted octanol–water partition coefficient (Wildman–Crippen LogP) is 3.12. The van der Waals surface area contributed by atoms with E-state index in [1.807, 2.05) is 0 Å². The topological polar surface area (TPSA) is 114 Å². The lowest BCUT2D eigenvalue weighted by Gasteiger charge is -2.21. The van der Waals surface area contributed by atoms with Gasteiger partial charge in [-0.3, -0.25) is 14.3 Å². The van der Waals surface area contributed by atoms with Crippen LogP contribution in [0.4, 0.5) is 15.8 Å². The van der Waals surface area contributed by atoms with Crippen LogP contribution in [0.2, 0.25) is 0 Å². The van der Waals surface area contributed by atoms with Crippen LogP contribution in [-0.2, 0) is 19.6 Å². The lowest BCUT2D eigenvalue weighted by Crippen LogP contribution is -2.46. The predicted molar refractivity (Wildman–Crippen MR) is 116 cm³/mol. The molecule has 0 saturated heterocycles. The lowest BCUT2D eigenvalue weighted by molar-refractivity contribution is -0.131. The van der Waals surface area contributed by atoms with Gasteiger partial charge in [-0.1, -0.05) is 20.8 Å². The molecule has 1 unspecified atom stereocenters. The van der Waals surface area contributed by atoms with Crippen LogP contribution in [0.1, 0.15) is 27.7 Å². The van der Waals surface area contributed by atoms with Gasteiger partial charge in [0.2, 0.25) is 11.8 Å². The van der Waals surface area contributed by atoms with Crippen molar-refractivity contribution in [3.8, 4) is 5.75 Å². The zero-order valence-corrected chi connectivity index (χ0v) is 18.8. The Hall–Kier alpha value is -3.14. The van der Waals surface area contributed by atoms with Crippen LogP contribution in [0.15, 0.2) is 47.4 Å². The van der Waals surface area contributed by atoms with Crippen LogP contribution in [-0.4, -0.2) is 33.4 Å². The number of halogens is 1. The Morgan fingerprint density at radius 3 is 2.23 bits per heavy atom. The molecule has 2 amide bonds. The Morgan fingerprint density at radius 2 is 1.68 bits per heavy atom. The van der Waals surface area contributed by atoms with E-state index in [2.05, 4.69) is 15.4 Å². The lowest BCUT2D eigenvalue weighted by atomic mass is 9.95. The van der Waals surface area contributed by atoms with Gasteiger partial charge in [0, 0.05) is 11.1 Å². The van der Waals surface area contributed by atoms with Crippen LogP contribution in [0.5, 0.6) is 5.75 Å². The molecule has 3 N–H and O–H groups in total. The van der Waals surface area contributed by atoms with Gasteiger partial charge in [0.15, 0.2) is 0 Å². The van der Waals surface area contributed by atoms with Gasteiger partial charge in [0.1, 0.15) is 17.6 Å². The maximum atomic E-state index is 13.1. The maximum Gasteiger partial charge on any atom is 0.262 e. The summed E-state index contributed by atoms with van der Waals surface area (Å²) >= 11 is 0. The van der Waals surface area contributed by atoms with Crippen molar-refractivity contribution in [3.05, 3.63) is 48.3 Å². The van der Waals surface area contributed by atoms with Crippen molar-refractivity contribution in [1.82, 2.24) is 5.32 Å². The normalized spacial score (nSPS) is 12.6. The number of carbonyl (C=O) groups excluding carboxylic acids is 2. The minimum atomic E-state index is -4.02. The van der Waals surface area contributed by atoms with E-state index in [1.165, 1.54) is 25.3 Å². The third-order valence-electron chi connectivity index (χ3n) is 4.26. The first-order valence-corrected chi connectivity index (χ1v) is 10.9. The summed E-state index contributed by atoms with van der Waals surface area (Å²) in [5.74, 6) is -1.10. The molecule has 10 heteroatoms. The smallest absolute Gasteiger partial charge is 0.262 e. The molecule has 0 radical (unpaired) electrons. The molecule has 2 rings (SSSR count). The third-order valence-corrected chi connectivity index (χ3v) is 5.64. The van der Waals surface area contributed by atoms with Crippen LogP contribution in [0, 0.1) is 11.2 Å². The number of methoxy groups -OCH3 is 1. The second-order valence-corrected chi connectivity index (χ2v) is 9.59. The molecule has 2 aromatic rings. The summed E-state index contributed by atoms with van der Waals surface area (Å²) in [7, 11) is -2.65. The molecule has 0 spiro atoms. The molecule has 0 aliphatic rings. The third kappa shape index (κ3) is 6.42. The van der Waals surface area contributed by atoms with E-state index in [9.17, 15) is 22.4 Å². The molecule has 0 saturated carbocycles. The number of benzene rings is 2. The van der Waals surface area contributed by atoms with Crippen LogP contribution in [0.25, 0.3) is 0 Å². The minimum absolute atomic E-state index is 0.0796. The van der Waals surface area contributed by atoms with Crippen LogP contribution >= 0.6 is 0 Å². The fraction of sp³-hybridized carbons (Fsp3) is 0.333. The molecule has 168 valence electrons. The molecule has 31 heavy (non-hydrogen) atoms. The summed E-state index contributed by atoms with van der Waals surface area (Å²) < 4.78 is 45.9. The van der Waals surface area contributed by atoms with Crippen molar-refractivity contribution in [2.45, 2.75) is 38.6 Å². The Labute approximate surface area is 181 Å². The minimum Gasteiger partial charge on any atom is -0.495 e. The van der Waals surface area contributed by atoms with Crippen molar-refractivity contribution in [2.75, 3.05) is 17.1 Å². The largest absolute Gasteiger partial charge is 0.495 e. The van der Waals surface area contributed by atoms with E-state index in [-0.39, 0.29) is 22.2 Å². The van der Waals surface area contributed by atoms with E-state index in [0.29, 0.717) is 5.69 Å². The first-order chi connectivity index (χ1) is 14.3. The molecular weight excluding hydrogens is 425 g/mol. The summed E-state index contributed by atoms with van der Waals surface area (Å²) in [6.45, 7) is 6.74. The van der Waals surface area contributed by atoms with Crippen molar-refractivity contribution >= 4 is 33.2 Å². The summed E-state index contributed by atoms with van der Waals surface area (Å²) in [4.78, 5) is 24.4. The second-order valence-electron chi connectivity index (χ2n) is 7.91. The molecule has 0 aliphatic heterocycles. The Morgan fingerprint density at radius 1 is 1.06 bits per heavy atom. The van der Waals surface area contributed by atoms with Gasteiger partial charge < -0.3 is 15.4 Å². The molecule has 8 nitrogen and oxygen atoms in total. The first-order valence-electron chi connectivity index (χ1n) is 9.42. The van der Waals surface area contributed by atoms with E-state index in [0.717, 1.165) is 24.3 Å². The number of hydrogen-bond donors (Lipinski definition) is 3. The van der Waals surface area contributed by atoms with Gasteiger partial charge in [-0.15, -0.1) is 0 Å². The van der Waals surface area contributed by atoms with Gasteiger partial charge in [-0.05, 0) is 49.4 Å². The maximum absolute atomic E-state index is 13.1. The zero-order valence-electron chi connectivity index (χ0n) is 17.9. The van der Waals surface area contributed by atoms with Crippen molar-refractivity contribution in [3.63, 3.8) is 0 Å². The number of hydrogen-bond acceptors (Lipinski definition) is 5. The van der Waals surface area contributed by atoms with Crippen molar-refractivity contribution in [2.24, 2.45) is 5.41 Å². The number of amides is 2. The van der Waals surface area contributed by atoms with E-state index >= 15 is 0 Å². The van der Waals surface area contributed by atoms with E-state index in [1.54, 1.807) is 27.7 Å². The summed E-state index contributed by atoms with van der Waals surface area (Å²) in [6, 6.07) is 7.93. The fourth-order valence-corrected chi connectivity index (χ4v) is 3.47. The van der Waals surface area contributed by atoms with E-state index < -0.39 is 33.2 Å². The average molecular weight is 452 g/mol. The quantitative estimate of drug-likeness (QED) is 0.599. The second kappa shape index (κ2) is 9.34. The molecule has 0 aliphatic carbocycles. The Kier molecular flexibility index (Phi) is 7.27. The molecule has 0 bridgehead atoms. The standard InChI is InChI=1S/C21H26FN3O5S/c1-13(23-20(27)21(2,3)4)19(26)24-15-8-11-18(30-5)17(12-15)25-31(28,29)16-9-6-14(22)7-10-16/h6-13,25H,1-5H3,(H,23,27)(H,24,26). The van der Waals surface area contributed by atoms with Gasteiger partial charge in [0.25, 0.3) is 10.0 Å². The number of anilines is 2. The average Bonchev–Trinajstić information content (AvgIpc) is 2.67. The molecular formula is C21H26FN3O5S. The summed E-state index contributed by atoms with van der Waals surface area (Å²) in [6.07, 6.45) is 0. The van der Waals surface area contributed by atoms with Crippen molar-refractivity contribution < 1.29 is 27.1 Å². The van der Waals surface area contributed by atoms with Gasteiger partial charge in [0.05, 0.1) is 17.7 Å². The van der Waals surface area contributed by atoms with Gasteiger partial charge in [-0.25, -0.2) is 12.8 Å². The van der Waals surface area contributed by atoms with Crippen LogP contribution < -0.4 is 20.1 Å². The summed E-state index contributed by atoms with van der Waals surface area (Å²) in [5, 5.41) is 5.25. The fourth-order valence-electron chi connectivity index (χ4n) is 2.41. The van der Waals surface area contributed by atoms with E-state index in [4.69, 9.17) is 4.74 Å².